The van der Waals surface area contributed by atoms with Crippen LogP contribution in [-0.4, -0.2) is 107 Å². The van der Waals surface area contributed by atoms with E-state index in [0.29, 0.717) is 28.2 Å². The number of amides is 4. The molecule has 0 saturated carbocycles. The molecule has 2 aromatic carbocycles. The quantitative estimate of drug-likeness (QED) is 0.0202. The second-order valence-corrected chi connectivity index (χ2v) is 19.3. The number of hydroxylamine groups is 1. The van der Waals surface area contributed by atoms with Gasteiger partial charge >= 0.3 is 26.1 Å². The summed E-state index contributed by atoms with van der Waals surface area (Å²) in [4.78, 5) is 96.5. The van der Waals surface area contributed by atoms with E-state index in [1.807, 2.05) is 35.0 Å². The Morgan fingerprint density at radius 3 is 2.29 bits per heavy atom. The number of β-lactam (4-membered cyclic amide) rings is 1. The van der Waals surface area contributed by atoms with Crippen LogP contribution in [0.4, 0.5) is 9.93 Å². The van der Waals surface area contributed by atoms with Crippen molar-refractivity contribution >= 4 is 100 Å². The molecule has 21 nitrogen and oxygen atoms in total. The molecule has 2 unspecified atom stereocenters. The first-order valence-corrected chi connectivity index (χ1v) is 23.8. The molecule has 2 aliphatic heterocycles. The minimum Gasteiger partial charge on any atom is -1.00 e. The van der Waals surface area contributed by atoms with E-state index >= 15 is 0 Å². The van der Waals surface area contributed by atoms with Crippen LogP contribution in [0.3, 0.4) is 0 Å². The minimum atomic E-state index is -1.40. The van der Waals surface area contributed by atoms with Crippen LogP contribution in [-0.2, 0) is 74.1 Å². The first-order valence-electron chi connectivity index (χ1n) is 21.6. The highest BCUT2D eigenvalue weighted by Gasteiger charge is 2.55. The maximum absolute atomic E-state index is 14.3. The Balaban J connectivity index is 0.00000847. The average molecular weight is 1160 g/mol. The Bertz CT molecular complexity index is 2900. The molecule has 2 radical (unpaired) electrons. The third kappa shape index (κ3) is 13.4. The highest BCUT2D eigenvalue weighted by molar-refractivity contribution is 8.00. The molecule has 4 amide bonds. The number of ether oxygens (including phenoxy) is 4. The van der Waals surface area contributed by atoms with Crippen LogP contribution in [0.25, 0.3) is 11.0 Å². The number of fused-ring (bicyclic) bond motifs is 2. The number of pyridine rings is 1. The second kappa shape index (κ2) is 24.3. The summed E-state index contributed by atoms with van der Waals surface area (Å²) in [6, 6.07) is 18.4. The van der Waals surface area contributed by atoms with E-state index < -0.39 is 64.6 Å². The number of aromatic nitrogens is 3. The molecule has 0 aliphatic carbocycles. The summed E-state index contributed by atoms with van der Waals surface area (Å²) >= 11 is 8.58. The lowest BCUT2D eigenvalue weighted by molar-refractivity contribution is -0.663. The highest BCUT2D eigenvalue weighted by Crippen LogP contribution is 2.41. The number of hydrogen-bond donors (Lipinski definition) is 3. The van der Waals surface area contributed by atoms with Crippen molar-refractivity contribution in [3.8, 4) is 11.5 Å². The zero-order valence-electron chi connectivity index (χ0n) is 39.5. The molecule has 5 aromatic rings. The normalized spacial score (nSPS) is 15.8. The van der Waals surface area contributed by atoms with Gasteiger partial charge in [0.1, 0.15) is 62.9 Å². The smallest absolute Gasteiger partial charge is 0.413 e. The van der Waals surface area contributed by atoms with Crippen LogP contribution in [0.1, 0.15) is 44.5 Å². The van der Waals surface area contributed by atoms with E-state index in [1.165, 1.54) is 30.7 Å². The van der Waals surface area contributed by atoms with E-state index in [2.05, 4.69) is 30.9 Å². The van der Waals surface area contributed by atoms with E-state index in [-0.39, 0.29) is 76.9 Å². The largest absolute Gasteiger partial charge is 1.00 e. The molecule has 2 aliphatic rings. The zero-order chi connectivity index (χ0) is 51.0. The van der Waals surface area contributed by atoms with Gasteiger partial charge in [-0.3, -0.25) is 29.4 Å². The molecule has 3 atom stereocenters. The van der Waals surface area contributed by atoms with Gasteiger partial charge in [0, 0.05) is 29.7 Å². The van der Waals surface area contributed by atoms with Crippen molar-refractivity contribution in [2.75, 3.05) is 25.3 Å². The SMILES string of the molecule is [B]OC(=O)[C@H](C)O/N=C(\C(=O)NC1C(=O)N2C(C(=O)OCc3ccc(OC)cc3)=C(C[n+]3cccc4c3ccn4CC(=O)NOCc3ccc(OC)cc3)CSC12)c1nc(NC(=O)OC(C)(C)C)sc1Cl.[I-]. The predicted octanol–water partition coefficient (Wildman–Crippen LogP) is 1.49. The highest BCUT2D eigenvalue weighted by atomic mass is 127. The molecule has 3 N–H and O–H groups in total. The predicted molar refractivity (Wildman–Crippen MR) is 259 cm³/mol. The van der Waals surface area contributed by atoms with Gasteiger partial charge in [-0.1, -0.05) is 52.4 Å². The summed E-state index contributed by atoms with van der Waals surface area (Å²) in [6.07, 6.45) is 1.31. The third-order valence-corrected chi connectivity index (χ3v) is 13.0. The number of esters is 1. The zero-order valence-corrected chi connectivity index (χ0v) is 44.0. The molecule has 1 fully saturated rings. The Labute approximate surface area is 444 Å². The van der Waals surface area contributed by atoms with Gasteiger partial charge in [-0.15, -0.1) is 11.8 Å². The van der Waals surface area contributed by atoms with Gasteiger partial charge in [0.15, 0.2) is 23.6 Å². The van der Waals surface area contributed by atoms with Crippen LogP contribution in [0, 0.1) is 0 Å². The molecule has 26 heteroatoms. The number of oxime groups is 1. The Morgan fingerprint density at radius 2 is 1.65 bits per heavy atom. The summed E-state index contributed by atoms with van der Waals surface area (Å²) < 4.78 is 29.3. The molecule has 72 heavy (non-hydrogen) atoms. The fourth-order valence-electron chi connectivity index (χ4n) is 7.10. The summed E-state index contributed by atoms with van der Waals surface area (Å²) in [5.41, 5.74) is 4.24. The van der Waals surface area contributed by atoms with Crippen molar-refractivity contribution in [3.63, 3.8) is 0 Å². The molecule has 0 spiro atoms. The minimum absolute atomic E-state index is 0. The van der Waals surface area contributed by atoms with Gasteiger partial charge < -0.3 is 62.3 Å². The molecular weight excluding hydrogens is 1110 g/mol. The summed E-state index contributed by atoms with van der Waals surface area (Å²) in [5.74, 6) is -2.34. The number of benzene rings is 2. The number of carbonyl (C=O) groups excluding carboxylic acids is 6. The molecule has 5 heterocycles. The monoisotopic (exact) mass is 1160 g/mol. The van der Waals surface area contributed by atoms with E-state index in [9.17, 15) is 28.8 Å². The molecule has 378 valence electrons. The summed E-state index contributed by atoms with van der Waals surface area (Å²) in [7, 11) is 8.12. The summed E-state index contributed by atoms with van der Waals surface area (Å²) in [5, 5.41) is 8.08. The number of hydrogen-bond acceptors (Lipinski definition) is 17. The molecule has 0 bridgehead atoms. The number of halogens is 2. The van der Waals surface area contributed by atoms with Crippen LogP contribution in [0.2, 0.25) is 4.34 Å². The number of thioether (sulfide) groups is 1. The standard InChI is InChI=1S/C46H46BClN8O13S2.HI/c1-25(42(60)68-47)69-53-35(34-38(48)71-44(50-34)51-45(62)67-46(2,3)4)39(58)49-36-40(59)56-37(43(61)65-22-26-9-13-29(63-5)14-10-26)28(24-70-41(36)56)20-54-18-7-8-31-32(54)17-19-55(31)21-33(57)52-66-23-27-11-15-30(64-6)16-12-27;/h7-19,25,36,41H,20-24H2,1-6H3,(H2-,49,50,51,52,57,58,62);1H/b53-35-;/t25-,36?,41?;/m0./s1. The van der Waals surface area contributed by atoms with Crippen molar-refractivity contribution in [1.82, 2.24) is 25.2 Å². The lowest BCUT2D eigenvalue weighted by atomic mass is 10.0. The molecule has 1 saturated heterocycles. The van der Waals surface area contributed by atoms with Crippen LogP contribution in [0.5, 0.6) is 11.5 Å². The number of anilines is 1. The molecule has 3 aromatic heterocycles. The van der Waals surface area contributed by atoms with Crippen molar-refractivity contribution in [1.29, 1.82) is 0 Å². The fraction of sp³-hybridized carbons (Fsp3) is 0.326. The van der Waals surface area contributed by atoms with E-state index in [0.717, 1.165) is 22.4 Å². The molecule has 7 rings (SSSR count). The van der Waals surface area contributed by atoms with Crippen LogP contribution >= 0.6 is 34.7 Å². The van der Waals surface area contributed by atoms with Crippen LogP contribution in [0.15, 0.2) is 95.5 Å². The van der Waals surface area contributed by atoms with Gasteiger partial charge in [-0.05, 0) is 69.2 Å². The number of rotatable bonds is 19. The van der Waals surface area contributed by atoms with Gasteiger partial charge in [-0.25, -0.2) is 24.8 Å². The van der Waals surface area contributed by atoms with E-state index in [4.69, 9.17) is 48.3 Å². The second-order valence-electron chi connectivity index (χ2n) is 16.6. The van der Waals surface area contributed by atoms with Crippen molar-refractivity contribution in [2.45, 2.75) is 77.1 Å². The number of thiazole rings is 1. The average Bonchev–Trinajstić information content (AvgIpc) is 3.93. The lowest BCUT2D eigenvalue weighted by Crippen LogP contribution is -3.00. The van der Waals surface area contributed by atoms with Crippen molar-refractivity contribution in [2.24, 2.45) is 5.16 Å². The van der Waals surface area contributed by atoms with Crippen molar-refractivity contribution in [3.05, 3.63) is 112 Å². The van der Waals surface area contributed by atoms with Gasteiger partial charge in [0.2, 0.25) is 11.6 Å². The van der Waals surface area contributed by atoms with Crippen molar-refractivity contribution < 1.29 is 90.6 Å². The third-order valence-electron chi connectivity index (χ3n) is 10.5. The Kier molecular flexibility index (Phi) is 18.6. The fourth-order valence-corrected chi connectivity index (χ4v) is 9.47. The number of methoxy groups -OCH3 is 2. The first-order chi connectivity index (χ1) is 34.0. The Morgan fingerprint density at radius 1 is 0.986 bits per heavy atom. The molecular formula is C46H47BClIN8O13S2. The van der Waals surface area contributed by atoms with Gasteiger partial charge in [0.05, 0.1) is 20.8 Å². The van der Waals surface area contributed by atoms with Gasteiger partial charge in [0.25, 0.3) is 17.7 Å². The van der Waals surface area contributed by atoms with Gasteiger partial charge in [-0.2, -0.15) is 4.57 Å². The maximum atomic E-state index is 14.3. The number of nitrogens with zero attached hydrogens (tertiary/aromatic N) is 5. The van der Waals surface area contributed by atoms with Crippen LogP contribution < -0.4 is 54.1 Å². The summed E-state index contributed by atoms with van der Waals surface area (Å²) in [6.45, 7) is 6.33. The Hall–Kier alpha value is -6.42. The number of carbonyl (C=O) groups is 6. The maximum Gasteiger partial charge on any atom is 0.413 e. The topological polar surface area (TPSA) is 240 Å². The lowest BCUT2D eigenvalue weighted by Gasteiger charge is -2.49. The first kappa shape index (κ1) is 54.9. The number of nitrogens with one attached hydrogen (secondary N) is 3. The van der Waals surface area contributed by atoms with E-state index in [1.54, 1.807) is 81.1 Å².